The Balaban J connectivity index is 1.02. The third-order valence-corrected chi connectivity index (χ3v) is 9.00. The minimum atomic E-state index is -1.17. The fourth-order valence-electron chi connectivity index (χ4n) is 6.45. The van der Waals surface area contributed by atoms with E-state index in [0.29, 0.717) is 43.3 Å². The highest BCUT2D eigenvalue weighted by atomic mass is 19.1. The summed E-state index contributed by atoms with van der Waals surface area (Å²) in [7, 11) is 3.59. The second-order valence-corrected chi connectivity index (χ2v) is 12.0. The van der Waals surface area contributed by atoms with Crippen LogP contribution in [0.2, 0.25) is 0 Å². The van der Waals surface area contributed by atoms with Gasteiger partial charge >= 0.3 is 0 Å². The number of hydrogen-bond donors (Lipinski definition) is 3. The number of fused-ring (bicyclic) bond motifs is 2. The first kappa shape index (κ1) is 28.7. The van der Waals surface area contributed by atoms with Crippen molar-refractivity contribution in [3.8, 4) is 0 Å². The van der Waals surface area contributed by atoms with Gasteiger partial charge in [-0.1, -0.05) is 0 Å². The molecular formula is C32H34FN9O3. The Morgan fingerprint density at radius 1 is 1.04 bits per heavy atom. The van der Waals surface area contributed by atoms with Crippen LogP contribution in [0.3, 0.4) is 0 Å². The van der Waals surface area contributed by atoms with Gasteiger partial charge < -0.3 is 20.4 Å². The van der Waals surface area contributed by atoms with Gasteiger partial charge in [-0.2, -0.15) is 10.1 Å². The van der Waals surface area contributed by atoms with E-state index < -0.39 is 18.1 Å². The lowest BCUT2D eigenvalue weighted by molar-refractivity contribution is -0.134. The Bertz CT molecular complexity index is 1860. The Morgan fingerprint density at radius 3 is 2.67 bits per heavy atom. The van der Waals surface area contributed by atoms with Crippen LogP contribution in [-0.2, 0) is 27.9 Å². The normalized spacial score (nSPS) is 21.7. The Kier molecular flexibility index (Phi) is 7.10. The number of piperidine rings is 2. The van der Waals surface area contributed by atoms with Crippen LogP contribution in [0.1, 0.15) is 42.0 Å². The lowest BCUT2D eigenvalue weighted by Gasteiger charge is -2.35. The number of halogens is 1. The first-order chi connectivity index (χ1) is 21.6. The largest absolute Gasteiger partial charge is 0.379 e. The van der Waals surface area contributed by atoms with Crippen LogP contribution in [-0.4, -0.2) is 69.8 Å². The molecule has 0 aliphatic carbocycles. The molecule has 2 aromatic heterocycles. The number of rotatable bonds is 6. The number of anilines is 5. The number of carbonyl (C=O) groups is 3. The fraction of sp³-hybridized carbons (Fsp3) is 0.375. The minimum Gasteiger partial charge on any atom is -0.379 e. The summed E-state index contributed by atoms with van der Waals surface area (Å²) in [6.07, 6.45) is 2.18. The fourth-order valence-corrected chi connectivity index (χ4v) is 6.45. The maximum absolute atomic E-state index is 15.6. The van der Waals surface area contributed by atoms with Crippen LogP contribution in [0.15, 0.2) is 42.6 Å². The van der Waals surface area contributed by atoms with Gasteiger partial charge in [0, 0.05) is 61.3 Å². The van der Waals surface area contributed by atoms with Crippen molar-refractivity contribution >= 4 is 57.5 Å². The molecule has 13 heteroatoms. The van der Waals surface area contributed by atoms with E-state index in [1.54, 1.807) is 22.8 Å². The van der Waals surface area contributed by atoms with Gasteiger partial charge in [-0.05, 0) is 61.7 Å². The SMILES string of the molecule is Cc1cnc(N2CC[C@@H](Nc3ccc4c(C5CCC(=O)NC5=O)nn(C)c4c3)[C@H](F)C2)nc1Nc1ccc2c(c1)CC(=O)N2C. The van der Waals surface area contributed by atoms with E-state index in [2.05, 4.69) is 26.0 Å². The number of likely N-dealkylation sites (N-methyl/N-ethyl adjacent to an activating group) is 1. The zero-order valence-corrected chi connectivity index (χ0v) is 25.3. The van der Waals surface area contributed by atoms with Crippen molar-refractivity contribution in [1.82, 2.24) is 25.1 Å². The molecular weight excluding hydrogens is 577 g/mol. The number of carbonyl (C=O) groups excluding carboxylic acids is 3. The summed E-state index contributed by atoms with van der Waals surface area (Å²) in [5, 5.41) is 14.6. The van der Waals surface area contributed by atoms with Crippen LogP contribution in [0.25, 0.3) is 10.9 Å². The first-order valence-corrected chi connectivity index (χ1v) is 15.1. The molecule has 0 bridgehead atoms. The maximum Gasteiger partial charge on any atom is 0.235 e. The molecule has 1 unspecified atom stereocenters. The predicted octanol–water partition coefficient (Wildman–Crippen LogP) is 3.48. The highest BCUT2D eigenvalue weighted by Crippen LogP contribution is 2.34. The Labute approximate surface area is 259 Å². The third-order valence-electron chi connectivity index (χ3n) is 9.00. The summed E-state index contributed by atoms with van der Waals surface area (Å²) in [4.78, 5) is 48.9. The summed E-state index contributed by atoms with van der Waals surface area (Å²) in [5.74, 6) is 0.0915. The van der Waals surface area contributed by atoms with E-state index in [-0.39, 0.29) is 30.7 Å². The van der Waals surface area contributed by atoms with Crippen LogP contribution < -0.4 is 25.8 Å². The molecule has 2 saturated heterocycles. The molecule has 3 amide bonds. The first-order valence-electron chi connectivity index (χ1n) is 15.1. The minimum absolute atomic E-state index is 0.0674. The number of aryl methyl sites for hydroxylation is 2. The van der Waals surface area contributed by atoms with Crippen LogP contribution in [0.4, 0.5) is 33.2 Å². The smallest absolute Gasteiger partial charge is 0.235 e. The van der Waals surface area contributed by atoms with Gasteiger partial charge in [0.05, 0.1) is 36.1 Å². The predicted molar refractivity (Wildman–Crippen MR) is 169 cm³/mol. The van der Waals surface area contributed by atoms with Gasteiger partial charge in [0.25, 0.3) is 0 Å². The zero-order valence-electron chi connectivity index (χ0n) is 25.3. The molecule has 7 rings (SSSR count). The molecule has 12 nitrogen and oxygen atoms in total. The summed E-state index contributed by atoms with van der Waals surface area (Å²) in [6.45, 7) is 2.63. The quantitative estimate of drug-likeness (QED) is 0.280. The Morgan fingerprint density at radius 2 is 1.87 bits per heavy atom. The Hall–Kier alpha value is -5.07. The summed E-state index contributed by atoms with van der Waals surface area (Å²) in [5.41, 5.74) is 5.79. The monoisotopic (exact) mass is 611 g/mol. The number of hydrogen-bond acceptors (Lipinski definition) is 9. The maximum atomic E-state index is 15.6. The number of imide groups is 1. The molecule has 45 heavy (non-hydrogen) atoms. The molecule has 2 fully saturated rings. The number of aromatic nitrogens is 4. The lowest BCUT2D eigenvalue weighted by Crippen LogP contribution is -2.48. The lowest BCUT2D eigenvalue weighted by atomic mass is 9.93. The van der Waals surface area contributed by atoms with Crippen LogP contribution in [0, 0.1) is 6.92 Å². The van der Waals surface area contributed by atoms with Gasteiger partial charge in [-0.15, -0.1) is 0 Å². The van der Waals surface area contributed by atoms with Crippen LogP contribution >= 0.6 is 0 Å². The molecule has 3 aliphatic rings. The molecule has 3 aliphatic heterocycles. The molecule has 3 atom stereocenters. The van der Waals surface area contributed by atoms with Crippen molar-refractivity contribution in [1.29, 1.82) is 0 Å². The van der Waals surface area contributed by atoms with E-state index >= 15 is 4.39 Å². The molecule has 5 heterocycles. The van der Waals surface area contributed by atoms with Crippen molar-refractivity contribution in [3.05, 3.63) is 59.4 Å². The van der Waals surface area contributed by atoms with Gasteiger partial charge in [0.1, 0.15) is 12.0 Å². The molecule has 3 N–H and O–H groups in total. The standard InChI is InChI=1S/C32H34FN9O3/c1-17-15-34-32(38-30(17)36-19-5-8-25-18(12-19)13-28(44)40(25)2)42-11-10-24(23(33)16-42)35-20-4-6-21-26(14-20)41(3)39-29(21)22-7-9-27(43)37-31(22)45/h4-6,8,12,14-15,22-24,35H,7,9-11,13,16H2,1-3H3,(H,34,36,38)(H,37,43,45)/t22?,23-,24-/m1/s1. The zero-order chi connectivity index (χ0) is 31.4. The number of benzene rings is 2. The third kappa shape index (κ3) is 5.32. The van der Waals surface area contributed by atoms with Crippen LogP contribution in [0.5, 0.6) is 0 Å². The topological polar surface area (TPSA) is 137 Å². The summed E-state index contributed by atoms with van der Waals surface area (Å²) >= 11 is 0. The molecule has 0 saturated carbocycles. The average molecular weight is 612 g/mol. The van der Waals surface area contributed by atoms with Crippen molar-refractivity contribution in [2.24, 2.45) is 7.05 Å². The summed E-state index contributed by atoms with van der Waals surface area (Å²) < 4.78 is 17.3. The average Bonchev–Trinajstić information content (AvgIpc) is 3.49. The van der Waals surface area contributed by atoms with Gasteiger partial charge in [-0.3, -0.25) is 24.4 Å². The second-order valence-electron chi connectivity index (χ2n) is 12.0. The van der Waals surface area contributed by atoms with Gasteiger partial charge in [0.2, 0.25) is 23.7 Å². The van der Waals surface area contributed by atoms with E-state index in [1.165, 1.54) is 0 Å². The highest BCUT2D eigenvalue weighted by Gasteiger charge is 2.33. The van der Waals surface area contributed by atoms with Crippen molar-refractivity contribution in [2.45, 2.75) is 50.7 Å². The molecule has 2 aromatic carbocycles. The molecule has 0 spiro atoms. The summed E-state index contributed by atoms with van der Waals surface area (Å²) in [6, 6.07) is 11.1. The van der Waals surface area contributed by atoms with Crippen molar-refractivity contribution < 1.29 is 18.8 Å². The van der Waals surface area contributed by atoms with E-state index in [9.17, 15) is 14.4 Å². The molecule has 4 aromatic rings. The molecule has 232 valence electrons. The number of nitrogens with one attached hydrogen (secondary N) is 3. The number of alkyl halides is 1. The van der Waals surface area contributed by atoms with E-state index in [0.717, 1.165) is 39.1 Å². The van der Waals surface area contributed by atoms with E-state index in [4.69, 9.17) is 4.98 Å². The van der Waals surface area contributed by atoms with Gasteiger partial charge in [0.15, 0.2) is 0 Å². The second kappa shape index (κ2) is 11.1. The number of nitrogens with zero attached hydrogens (tertiary/aromatic N) is 6. The van der Waals surface area contributed by atoms with Crippen molar-refractivity contribution in [3.63, 3.8) is 0 Å². The van der Waals surface area contributed by atoms with E-state index in [1.807, 2.05) is 55.3 Å². The number of amides is 3. The molecule has 0 radical (unpaired) electrons. The van der Waals surface area contributed by atoms with Gasteiger partial charge in [-0.25, -0.2) is 9.37 Å². The van der Waals surface area contributed by atoms with Crippen molar-refractivity contribution in [2.75, 3.05) is 40.6 Å². The highest BCUT2D eigenvalue weighted by molar-refractivity contribution is 6.03.